The van der Waals surface area contributed by atoms with Crippen LogP contribution in [0.5, 0.6) is 0 Å². The van der Waals surface area contributed by atoms with Crippen LogP contribution in [0.3, 0.4) is 0 Å². The largest absolute Gasteiger partial charge is 0.372 e. The molecule has 76 valence electrons. The van der Waals surface area contributed by atoms with Crippen molar-refractivity contribution in [3.8, 4) is 0 Å². The predicted octanol–water partition coefficient (Wildman–Crippen LogP) is 2.01. The third-order valence-electron chi connectivity index (χ3n) is 3.07. The molecule has 0 aromatic heterocycles. The molecule has 0 spiro atoms. The molecule has 1 aliphatic rings. The number of likely N-dealkylation sites (N-methyl/N-ethyl adjacent to an activating group) is 2. The number of hydrogen-bond donors (Lipinski definition) is 1. The summed E-state index contributed by atoms with van der Waals surface area (Å²) in [7, 11) is 4.20. The molecule has 0 radical (unpaired) electrons. The van der Waals surface area contributed by atoms with E-state index in [4.69, 9.17) is 0 Å². The molecule has 0 bridgehead atoms. The van der Waals surface area contributed by atoms with Gasteiger partial charge in [-0.15, -0.1) is 0 Å². The summed E-state index contributed by atoms with van der Waals surface area (Å²) in [5.41, 5.74) is 5.62. The second kappa shape index (κ2) is 3.28. The highest BCUT2D eigenvalue weighted by atomic mass is 15.2. The summed E-state index contributed by atoms with van der Waals surface area (Å²) in [6.07, 6.45) is 0. The van der Waals surface area contributed by atoms with Gasteiger partial charge in [0, 0.05) is 19.3 Å². The summed E-state index contributed by atoms with van der Waals surface area (Å²) in [4.78, 5) is 2.33. The molecule has 1 heterocycles. The van der Waals surface area contributed by atoms with Gasteiger partial charge in [-0.2, -0.15) is 0 Å². The van der Waals surface area contributed by atoms with Crippen molar-refractivity contribution in [3.63, 3.8) is 0 Å². The lowest BCUT2D eigenvalue weighted by atomic mass is 10.0. The van der Waals surface area contributed by atoms with Crippen LogP contribution >= 0.6 is 0 Å². The van der Waals surface area contributed by atoms with Crippen LogP contribution in [0, 0.1) is 13.8 Å². The molecule has 0 amide bonds. The van der Waals surface area contributed by atoms with Crippen LogP contribution in [-0.4, -0.2) is 20.6 Å². The summed E-state index contributed by atoms with van der Waals surface area (Å²) in [6, 6.07) is 5.04. The predicted molar refractivity (Wildman–Crippen MR) is 61.0 cm³/mol. The van der Waals surface area contributed by atoms with E-state index in [1.165, 1.54) is 22.4 Å². The minimum absolute atomic E-state index is 0.496. The van der Waals surface area contributed by atoms with Gasteiger partial charge in [0.05, 0.1) is 6.04 Å². The molecule has 0 aliphatic carbocycles. The van der Waals surface area contributed by atoms with Gasteiger partial charge < -0.3 is 10.2 Å². The lowest BCUT2D eigenvalue weighted by molar-refractivity contribution is 0.623. The van der Waals surface area contributed by atoms with Crippen LogP contribution in [0.2, 0.25) is 0 Å². The SMILES string of the molecule is CNC1CN(C)c2cc(C)cc(C)c21. The van der Waals surface area contributed by atoms with Crippen molar-refractivity contribution in [1.29, 1.82) is 0 Å². The van der Waals surface area contributed by atoms with Crippen molar-refractivity contribution in [3.05, 3.63) is 28.8 Å². The van der Waals surface area contributed by atoms with Gasteiger partial charge in [-0.05, 0) is 43.7 Å². The Kier molecular flexibility index (Phi) is 2.23. The van der Waals surface area contributed by atoms with Crippen molar-refractivity contribution >= 4 is 5.69 Å². The van der Waals surface area contributed by atoms with E-state index in [1.807, 2.05) is 7.05 Å². The van der Waals surface area contributed by atoms with E-state index in [0.29, 0.717) is 6.04 Å². The number of anilines is 1. The van der Waals surface area contributed by atoms with E-state index < -0.39 is 0 Å². The first kappa shape index (κ1) is 9.53. The fourth-order valence-corrected chi connectivity index (χ4v) is 2.42. The van der Waals surface area contributed by atoms with Crippen LogP contribution in [0.15, 0.2) is 12.1 Å². The number of fused-ring (bicyclic) bond motifs is 1. The Balaban J connectivity index is 2.56. The molecule has 0 fully saturated rings. The standard InChI is InChI=1S/C12H18N2/c1-8-5-9(2)12-10(13-3)7-14(4)11(12)6-8/h5-6,10,13H,7H2,1-4H3. The quantitative estimate of drug-likeness (QED) is 0.728. The molecular formula is C12H18N2. The number of nitrogens with zero attached hydrogens (tertiary/aromatic N) is 1. The minimum atomic E-state index is 0.496. The number of benzene rings is 1. The second-order valence-corrected chi connectivity index (χ2v) is 4.24. The van der Waals surface area contributed by atoms with E-state index >= 15 is 0 Å². The molecule has 0 saturated heterocycles. The Morgan fingerprint density at radius 3 is 2.71 bits per heavy atom. The maximum Gasteiger partial charge on any atom is 0.0518 e. The summed E-state index contributed by atoms with van der Waals surface area (Å²) in [5, 5.41) is 3.37. The molecule has 1 aliphatic heterocycles. The average molecular weight is 190 g/mol. The van der Waals surface area contributed by atoms with E-state index in [9.17, 15) is 0 Å². The Morgan fingerprint density at radius 1 is 1.36 bits per heavy atom. The first-order valence-corrected chi connectivity index (χ1v) is 5.13. The van der Waals surface area contributed by atoms with Gasteiger partial charge in [0.25, 0.3) is 0 Å². The first-order valence-electron chi connectivity index (χ1n) is 5.13. The number of rotatable bonds is 1. The van der Waals surface area contributed by atoms with Crippen molar-refractivity contribution < 1.29 is 0 Å². The average Bonchev–Trinajstić information content (AvgIpc) is 2.43. The van der Waals surface area contributed by atoms with Gasteiger partial charge in [-0.25, -0.2) is 0 Å². The zero-order chi connectivity index (χ0) is 10.3. The smallest absolute Gasteiger partial charge is 0.0518 e. The molecule has 2 rings (SSSR count). The minimum Gasteiger partial charge on any atom is -0.372 e. The van der Waals surface area contributed by atoms with Gasteiger partial charge >= 0.3 is 0 Å². The van der Waals surface area contributed by atoms with Crippen molar-refractivity contribution in [2.45, 2.75) is 19.9 Å². The third kappa shape index (κ3) is 1.30. The zero-order valence-electron chi connectivity index (χ0n) is 9.39. The van der Waals surface area contributed by atoms with Crippen LogP contribution in [0.25, 0.3) is 0 Å². The van der Waals surface area contributed by atoms with Crippen LogP contribution in [0.4, 0.5) is 5.69 Å². The van der Waals surface area contributed by atoms with Gasteiger partial charge in [0.15, 0.2) is 0 Å². The summed E-state index contributed by atoms with van der Waals surface area (Å²) >= 11 is 0. The Labute approximate surface area is 85.9 Å². The van der Waals surface area contributed by atoms with E-state index in [2.05, 4.69) is 43.2 Å². The lowest BCUT2D eigenvalue weighted by Gasteiger charge is -2.12. The molecular weight excluding hydrogens is 172 g/mol. The summed E-state index contributed by atoms with van der Waals surface area (Å²) in [6.45, 7) is 5.44. The molecule has 1 N–H and O–H groups in total. The summed E-state index contributed by atoms with van der Waals surface area (Å²) < 4.78 is 0. The normalized spacial score (nSPS) is 20.0. The molecule has 2 nitrogen and oxygen atoms in total. The van der Waals surface area contributed by atoms with E-state index in [-0.39, 0.29) is 0 Å². The molecule has 14 heavy (non-hydrogen) atoms. The van der Waals surface area contributed by atoms with E-state index in [0.717, 1.165) is 6.54 Å². The maximum absolute atomic E-state index is 3.37. The highest BCUT2D eigenvalue weighted by molar-refractivity contribution is 5.63. The molecule has 1 aromatic rings. The van der Waals surface area contributed by atoms with Gasteiger partial charge in [-0.3, -0.25) is 0 Å². The zero-order valence-corrected chi connectivity index (χ0v) is 9.39. The maximum atomic E-state index is 3.37. The second-order valence-electron chi connectivity index (χ2n) is 4.24. The Morgan fingerprint density at radius 2 is 2.07 bits per heavy atom. The fourth-order valence-electron chi connectivity index (χ4n) is 2.42. The number of hydrogen-bond acceptors (Lipinski definition) is 2. The van der Waals surface area contributed by atoms with E-state index in [1.54, 1.807) is 0 Å². The third-order valence-corrected chi connectivity index (χ3v) is 3.07. The molecule has 0 saturated carbocycles. The number of aryl methyl sites for hydroxylation is 2. The van der Waals surface area contributed by atoms with Crippen LogP contribution in [-0.2, 0) is 0 Å². The highest BCUT2D eigenvalue weighted by Crippen LogP contribution is 2.36. The summed E-state index contributed by atoms with van der Waals surface area (Å²) in [5.74, 6) is 0. The fraction of sp³-hybridized carbons (Fsp3) is 0.500. The van der Waals surface area contributed by atoms with Crippen molar-refractivity contribution in [1.82, 2.24) is 5.32 Å². The topological polar surface area (TPSA) is 15.3 Å². The van der Waals surface area contributed by atoms with Crippen LogP contribution in [0.1, 0.15) is 22.7 Å². The Bertz CT molecular complexity index is 358. The van der Waals surface area contributed by atoms with Crippen molar-refractivity contribution in [2.24, 2.45) is 0 Å². The molecule has 1 atom stereocenters. The van der Waals surface area contributed by atoms with Crippen LogP contribution < -0.4 is 10.2 Å². The van der Waals surface area contributed by atoms with Gasteiger partial charge in [0.2, 0.25) is 0 Å². The Hall–Kier alpha value is -1.02. The number of nitrogens with one attached hydrogen (secondary N) is 1. The van der Waals surface area contributed by atoms with Crippen molar-refractivity contribution in [2.75, 3.05) is 25.5 Å². The molecule has 1 aromatic carbocycles. The van der Waals surface area contributed by atoms with Gasteiger partial charge in [0.1, 0.15) is 0 Å². The van der Waals surface area contributed by atoms with Gasteiger partial charge in [-0.1, -0.05) is 6.07 Å². The monoisotopic (exact) mass is 190 g/mol. The lowest BCUT2D eigenvalue weighted by Crippen LogP contribution is -2.23. The highest BCUT2D eigenvalue weighted by Gasteiger charge is 2.26. The molecule has 1 unspecified atom stereocenters. The first-order chi connectivity index (χ1) is 6.63. The molecule has 2 heteroatoms.